The molecule has 0 radical (unpaired) electrons. The molecule has 1 atom stereocenters. The van der Waals surface area contributed by atoms with Crippen LogP contribution >= 0.6 is 0 Å². The van der Waals surface area contributed by atoms with Crippen molar-refractivity contribution in [3.8, 4) is 5.75 Å². The lowest BCUT2D eigenvalue weighted by Gasteiger charge is -2.32. The zero-order valence-corrected chi connectivity index (χ0v) is 10.7. The molecule has 5 heteroatoms. The van der Waals surface area contributed by atoms with Crippen LogP contribution in [0.1, 0.15) is 12.8 Å². The number of amides is 1. The van der Waals surface area contributed by atoms with Crippen molar-refractivity contribution in [1.82, 2.24) is 4.90 Å². The number of piperidine rings is 1. The van der Waals surface area contributed by atoms with Crippen LogP contribution in [0.4, 0.5) is 4.39 Å². The summed E-state index contributed by atoms with van der Waals surface area (Å²) in [6.45, 7) is 1.37. The summed E-state index contributed by atoms with van der Waals surface area (Å²) in [5.74, 6) is 0.373. The molecule has 1 aromatic carbocycles. The fraction of sp³-hybridized carbons (Fsp3) is 0.500. The van der Waals surface area contributed by atoms with Crippen LogP contribution in [0.25, 0.3) is 0 Å². The van der Waals surface area contributed by atoms with Gasteiger partial charge in [-0.05, 0) is 37.1 Å². The Labute approximate surface area is 111 Å². The summed E-state index contributed by atoms with van der Waals surface area (Å²) >= 11 is 0. The Hall–Kier alpha value is -1.62. The zero-order valence-electron chi connectivity index (χ0n) is 10.7. The monoisotopic (exact) mass is 267 g/mol. The minimum Gasteiger partial charge on any atom is -0.493 e. The summed E-state index contributed by atoms with van der Waals surface area (Å²) in [4.78, 5) is 13.1. The number of hydrogen-bond acceptors (Lipinski definition) is 3. The highest BCUT2D eigenvalue weighted by Gasteiger charge is 2.23. The first-order valence-electron chi connectivity index (χ1n) is 6.46. The molecule has 0 aliphatic carbocycles. The van der Waals surface area contributed by atoms with Crippen molar-refractivity contribution >= 4 is 5.91 Å². The Morgan fingerprint density at radius 1 is 1.42 bits per heavy atom. The Bertz CT molecular complexity index is 421. The van der Waals surface area contributed by atoms with Crippen molar-refractivity contribution < 1.29 is 19.0 Å². The van der Waals surface area contributed by atoms with Crippen LogP contribution in [0.3, 0.4) is 0 Å². The Balaban J connectivity index is 1.82. The van der Waals surface area contributed by atoms with Crippen molar-refractivity contribution in [3.05, 3.63) is 30.1 Å². The number of benzene rings is 1. The second kappa shape index (κ2) is 6.52. The predicted molar refractivity (Wildman–Crippen MR) is 68.3 cm³/mol. The molecule has 0 spiro atoms. The predicted octanol–water partition coefficient (Wildman–Crippen LogP) is 1.44. The Kier molecular flexibility index (Phi) is 4.74. The normalized spacial score (nSPS) is 19.3. The standard InChI is InChI=1S/C14H18FNO3/c15-12-3-5-13(6-4-12)19-10-11-2-1-7-16(8-11)14(18)9-17/h3-6,11,17H,1-2,7-10H2/t11-/m0/s1. The van der Waals surface area contributed by atoms with Crippen molar-refractivity contribution in [2.75, 3.05) is 26.3 Å². The Morgan fingerprint density at radius 2 is 2.16 bits per heavy atom. The molecule has 1 fully saturated rings. The molecule has 19 heavy (non-hydrogen) atoms. The van der Waals surface area contributed by atoms with E-state index in [-0.39, 0.29) is 17.6 Å². The van der Waals surface area contributed by atoms with Crippen molar-refractivity contribution in [2.24, 2.45) is 5.92 Å². The smallest absolute Gasteiger partial charge is 0.248 e. The van der Waals surface area contributed by atoms with Gasteiger partial charge < -0.3 is 14.7 Å². The maximum Gasteiger partial charge on any atom is 0.248 e. The molecule has 1 saturated heterocycles. The van der Waals surface area contributed by atoms with Gasteiger partial charge in [-0.2, -0.15) is 0 Å². The van der Waals surface area contributed by atoms with Crippen LogP contribution in [-0.2, 0) is 4.79 Å². The molecule has 1 amide bonds. The van der Waals surface area contributed by atoms with Gasteiger partial charge in [-0.1, -0.05) is 0 Å². The summed E-state index contributed by atoms with van der Waals surface area (Å²) in [5.41, 5.74) is 0. The average molecular weight is 267 g/mol. The number of rotatable bonds is 4. The number of halogens is 1. The van der Waals surface area contributed by atoms with E-state index in [9.17, 15) is 9.18 Å². The molecular formula is C14H18FNO3. The lowest BCUT2D eigenvalue weighted by Crippen LogP contribution is -2.42. The first-order valence-corrected chi connectivity index (χ1v) is 6.46. The summed E-state index contributed by atoms with van der Waals surface area (Å²) < 4.78 is 18.3. The molecule has 4 nitrogen and oxygen atoms in total. The van der Waals surface area contributed by atoms with Gasteiger partial charge in [0.25, 0.3) is 0 Å². The second-order valence-corrected chi connectivity index (χ2v) is 4.77. The molecule has 0 aromatic heterocycles. The number of hydrogen-bond donors (Lipinski definition) is 1. The number of nitrogens with zero attached hydrogens (tertiary/aromatic N) is 1. The van der Waals surface area contributed by atoms with Crippen LogP contribution in [0.2, 0.25) is 0 Å². The van der Waals surface area contributed by atoms with Crippen molar-refractivity contribution in [3.63, 3.8) is 0 Å². The third-order valence-corrected chi connectivity index (χ3v) is 3.31. The van der Waals surface area contributed by atoms with Gasteiger partial charge >= 0.3 is 0 Å². The van der Waals surface area contributed by atoms with Gasteiger partial charge in [0.15, 0.2) is 0 Å². The summed E-state index contributed by atoms with van der Waals surface area (Å²) in [5, 5.41) is 8.85. The molecule has 1 heterocycles. The molecule has 1 N–H and O–H groups in total. The van der Waals surface area contributed by atoms with Gasteiger partial charge in [-0.25, -0.2) is 4.39 Å². The first-order chi connectivity index (χ1) is 9.19. The van der Waals surface area contributed by atoms with E-state index in [1.807, 2.05) is 0 Å². The Morgan fingerprint density at radius 3 is 2.84 bits per heavy atom. The van der Waals surface area contributed by atoms with E-state index >= 15 is 0 Å². The van der Waals surface area contributed by atoms with Gasteiger partial charge in [0.2, 0.25) is 5.91 Å². The van der Waals surface area contributed by atoms with Gasteiger partial charge in [0, 0.05) is 19.0 Å². The lowest BCUT2D eigenvalue weighted by molar-refractivity contribution is -0.136. The van der Waals surface area contributed by atoms with E-state index in [4.69, 9.17) is 9.84 Å². The van der Waals surface area contributed by atoms with Crippen molar-refractivity contribution in [2.45, 2.75) is 12.8 Å². The SMILES string of the molecule is O=C(CO)N1CCC[C@H](COc2ccc(F)cc2)C1. The number of carbonyl (C=O) groups excluding carboxylic acids is 1. The van der Waals surface area contributed by atoms with E-state index in [0.29, 0.717) is 25.4 Å². The highest BCUT2D eigenvalue weighted by atomic mass is 19.1. The summed E-state index contributed by atoms with van der Waals surface area (Å²) in [6.07, 6.45) is 1.92. The maximum absolute atomic E-state index is 12.7. The molecule has 1 aliphatic heterocycles. The molecule has 2 rings (SSSR count). The van der Waals surface area contributed by atoms with E-state index < -0.39 is 6.61 Å². The summed E-state index contributed by atoms with van der Waals surface area (Å²) in [6, 6.07) is 5.90. The number of likely N-dealkylation sites (tertiary alicyclic amines) is 1. The molecular weight excluding hydrogens is 249 g/mol. The number of carbonyl (C=O) groups is 1. The highest BCUT2D eigenvalue weighted by Crippen LogP contribution is 2.19. The molecule has 0 saturated carbocycles. The fourth-order valence-corrected chi connectivity index (χ4v) is 2.27. The highest BCUT2D eigenvalue weighted by molar-refractivity contribution is 5.77. The van der Waals surface area contributed by atoms with Crippen LogP contribution in [-0.4, -0.2) is 42.2 Å². The third kappa shape index (κ3) is 3.92. The fourth-order valence-electron chi connectivity index (χ4n) is 2.27. The lowest BCUT2D eigenvalue weighted by atomic mass is 9.99. The van der Waals surface area contributed by atoms with E-state index in [0.717, 1.165) is 12.8 Å². The largest absolute Gasteiger partial charge is 0.493 e. The average Bonchev–Trinajstić information content (AvgIpc) is 2.46. The number of ether oxygens (including phenoxy) is 1. The van der Waals surface area contributed by atoms with E-state index in [2.05, 4.69) is 0 Å². The maximum atomic E-state index is 12.7. The van der Waals surface area contributed by atoms with E-state index in [1.165, 1.54) is 12.1 Å². The molecule has 1 aromatic rings. The molecule has 0 bridgehead atoms. The van der Waals surface area contributed by atoms with Gasteiger partial charge in [0.05, 0.1) is 6.61 Å². The summed E-state index contributed by atoms with van der Waals surface area (Å²) in [7, 11) is 0. The van der Waals surface area contributed by atoms with Crippen molar-refractivity contribution in [1.29, 1.82) is 0 Å². The topological polar surface area (TPSA) is 49.8 Å². The molecule has 1 aliphatic rings. The van der Waals surface area contributed by atoms with E-state index in [1.54, 1.807) is 17.0 Å². The van der Waals surface area contributed by atoms with Gasteiger partial charge in [-0.3, -0.25) is 4.79 Å². The number of aliphatic hydroxyl groups is 1. The van der Waals surface area contributed by atoms with Gasteiger partial charge in [0.1, 0.15) is 18.2 Å². The molecule has 104 valence electrons. The van der Waals surface area contributed by atoms with Crippen LogP contribution in [0, 0.1) is 11.7 Å². The zero-order chi connectivity index (χ0) is 13.7. The minimum absolute atomic E-state index is 0.230. The van der Waals surface area contributed by atoms with Crippen LogP contribution < -0.4 is 4.74 Å². The quantitative estimate of drug-likeness (QED) is 0.898. The van der Waals surface area contributed by atoms with Crippen LogP contribution in [0.5, 0.6) is 5.75 Å². The number of aliphatic hydroxyl groups excluding tert-OH is 1. The third-order valence-electron chi connectivity index (χ3n) is 3.31. The van der Waals surface area contributed by atoms with Crippen LogP contribution in [0.15, 0.2) is 24.3 Å². The van der Waals surface area contributed by atoms with Gasteiger partial charge in [-0.15, -0.1) is 0 Å². The first kappa shape index (κ1) is 13.8. The minimum atomic E-state index is -0.439. The molecule has 0 unspecified atom stereocenters. The second-order valence-electron chi connectivity index (χ2n) is 4.77.